The lowest BCUT2D eigenvalue weighted by molar-refractivity contribution is 0.0692. The van der Waals surface area contributed by atoms with Crippen molar-refractivity contribution in [3.8, 4) is 0 Å². The molecule has 7 nitrogen and oxygen atoms in total. The topological polar surface area (TPSA) is 98.4 Å². The van der Waals surface area contributed by atoms with Crippen molar-refractivity contribution >= 4 is 11.8 Å². The van der Waals surface area contributed by atoms with Crippen molar-refractivity contribution < 1.29 is 14.7 Å². The highest BCUT2D eigenvalue weighted by molar-refractivity contribution is 6.13. The summed E-state index contributed by atoms with van der Waals surface area (Å²) in [6.07, 6.45) is 1.12. The standard InChI is InChI=1S/C14H12N2O5/c1-15-7-10(12(18)16(2)14(15)21)11(17)8-5-3-4-6-9(8)13(19)20/h3-7H,1-2H3,(H,19,20). The van der Waals surface area contributed by atoms with Crippen LogP contribution in [0.3, 0.4) is 0 Å². The van der Waals surface area contributed by atoms with Crippen LogP contribution in [0.25, 0.3) is 0 Å². The first-order chi connectivity index (χ1) is 9.84. The summed E-state index contributed by atoms with van der Waals surface area (Å²) >= 11 is 0. The average Bonchev–Trinajstić information content (AvgIpc) is 2.48. The van der Waals surface area contributed by atoms with Crippen LogP contribution in [-0.2, 0) is 14.1 Å². The molecule has 1 heterocycles. The molecule has 0 unspecified atom stereocenters. The summed E-state index contributed by atoms with van der Waals surface area (Å²) in [5.41, 5.74) is -1.88. The quantitative estimate of drug-likeness (QED) is 0.802. The van der Waals surface area contributed by atoms with Crippen molar-refractivity contribution in [1.29, 1.82) is 0 Å². The number of carboxylic acid groups (broad SMARTS) is 1. The number of nitrogens with zero attached hydrogens (tertiary/aromatic N) is 2. The first-order valence-electron chi connectivity index (χ1n) is 5.98. The van der Waals surface area contributed by atoms with E-state index in [0.717, 1.165) is 15.3 Å². The van der Waals surface area contributed by atoms with E-state index < -0.39 is 23.0 Å². The van der Waals surface area contributed by atoms with Crippen LogP contribution in [0.4, 0.5) is 0 Å². The molecule has 0 atom stereocenters. The van der Waals surface area contributed by atoms with E-state index >= 15 is 0 Å². The van der Waals surface area contributed by atoms with Crippen LogP contribution in [0, 0.1) is 0 Å². The monoisotopic (exact) mass is 288 g/mol. The molecule has 0 amide bonds. The smallest absolute Gasteiger partial charge is 0.336 e. The molecule has 7 heteroatoms. The Morgan fingerprint density at radius 3 is 2.14 bits per heavy atom. The number of hydrogen-bond acceptors (Lipinski definition) is 4. The summed E-state index contributed by atoms with van der Waals surface area (Å²) < 4.78 is 1.90. The molecule has 0 saturated carbocycles. The minimum Gasteiger partial charge on any atom is -0.478 e. The van der Waals surface area contributed by atoms with Crippen molar-refractivity contribution in [2.24, 2.45) is 14.1 Å². The van der Waals surface area contributed by atoms with Gasteiger partial charge in [-0.25, -0.2) is 9.59 Å². The van der Waals surface area contributed by atoms with Crippen LogP contribution in [0.2, 0.25) is 0 Å². The van der Waals surface area contributed by atoms with E-state index in [-0.39, 0.29) is 16.7 Å². The lowest BCUT2D eigenvalue weighted by Crippen LogP contribution is -2.39. The normalized spacial score (nSPS) is 10.4. The number of rotatable bonds is 3. The first-order valence-corrected chi connectivity index (χ1v) is 5.98. The predicted molar refractivity (Wildman–Crippen MR) is 73.8 cm³/mol. The number of carbonyl (C=O) groups excluding carboxylic acids is 1. The average molecular weight is 288 g/mol. The summed E-state index contributed by atoms with van der Waals surface area (Å²) in [6.45, 7) is 0. The number of benzene rings is 1. The Bertz CT molecular complexity index is 860. The third kappa shape index (κ3) is 2.40. The zero-order valence-corrected chi connectivity index (χ0v) is 11.4. The number of aromatic nitrogens is 2. The number of carboxylic acids is 1. The number of hydrogen-bond donors (Lipinski definition) is 1. The molecular weight excluding hydrogens is 276 g/mol. The molecule has 1 aromatic heterocycles. The van der Waals surface area contributed by atoms with Crippen LogP contribution >= 0.6 is 0 Å². The molecule has 0 aliphatic carbocycles. The Morgan fingerprint density at radius 2 is 1.57 bits per heavy atom. The van der Waals surface area contributed by atoms with Gasteiger partial charge in [-0.15, -0.1) is 0 Å². The Hall–Kier alpha value is -2.96. The lowest BCUT2D eigenvalue weighted by Gasteiger charge is -2.07. The van der Waals surface area contributed by atoms with Gasteiger partial charge in [0, 0.05) is 25.9 Å². The maximum atomic E-state index is 12.4. The molecule has 0 bridgehead atoms. The van der Waals surface area contributed by atoms with Crippen molar-refractivity contribution in [2.45, 2.75) is 0 Å². The van der Waals surface area contributed by atoms with Gasteiger partial charge < -0.3 is 9.67 Å². The highest BCUT2D eigenvalue weighted by Gasteiger charge is 2.21. The van der Waals surface area contributed by atoms with E-state index in [4.69, 9.17) is 5.11 Å². The van der Waals surface area contributed by atoms with E-state index in [9.17, 15) is 19.2 Å². The van der Waals surface area contributed by atoms with E-state index in [0.29, 0.717) is 0 Å². The number of aryl methyl sites for hydroxylation is 1. The molecule has 0 saturated heterocycles. The Balaban J connectivity index is 2.70. The van der Waals surface area contributed by atoms with Gasteiger partial charge in [-0.05, 0) is 6.07 Å². The summed E-state index contributed by atoms with van der Waals surface area (Å²) in [4.78, 5) is 47.2. The van der Waals surface area contributed by atoms with Crippen LogP contribution in [0.5, 0.6) is 0 Å². The second-order valence-electron chi connectivity index (χ2n) is 4.48. The second-order valence-corrected chi connectivity index (χ2v) is 4.48. The minimum atomic E-state index is -1.26. The van der Waals surface area contributed by atoms with E-state index in [1.54, 1.807) is 0 Å². The number of carbonyl (C=O) groups is 2. The minimum absolute atomic E-state index is 0.0965. The summed E-state index contributed by atoms with van der Waals surface area (Å²) in [5.74, 6) is -2.00. The Kier molecular flexibility index (Phi) is 3.58. The van der Waals surface area contributed by atoms with Gasteiger partial charge in [-0.2, -0.15) is 0 Å². The van der Waals surface area contributed by atoms with Crippen LogP contribution < -0.4 is 11.2 Å². The van der Waals surface area contributed by atoms with Gasteiger partial charge in [0.2, 0.25) is 5.78 Å². The third-order valence-corrected chi connectivity index (χ3v) is 3.09. The van der Waals surface area contributed by atoms with Crippen LogP contribution in [-0.4, -0.2) is 26.0 Å². The van der Waals surface area contributed by atoms with Crippen LogP contribution in [0.1, 0.15) is 26.3 Å². The third-order valence-electron chi connectivity index (χ3n) is 3.09. The number of ketones is 1. The van der Waals surface area contributed by atoms with Gasteiger partial charge in [0.05, 0.1) is 5.56 Å². The molecule has 0 aliphatic rings. The molecule has 0 fully saturated rings. The van der Waals surface area contributed by atoms with Gasteiger partial charge in [0.1, 0.15) is 5.56 Å². The molecule has 0 spiro atoms. The molecule has 1 N–H and O–H groups in total. The molecule has 108 valence electrons. The second kappa shape index (κ2) is 5.20. The Labute approximate surface area is 118 Å². The maximum Gasteiger partial charge on any atom is 0.336 e. The molecule has 0 radical (unpaired) electrons. The van der Waals surface area contributed by atoms with Gasteiger partial charge in [0.15, 0.2) is 0 Å². The molecule has 21 heavy (non-hydrogen) atoms. The summed E-state index contributed by atoms with van der Waals surface area (Å²) in [5, 5.41) is 9.09. The van der Waals surface area contributed by atoms with Gasteiger partial charge >= 0.3 is 11.7 Å². The largest absolute Gasteiger partial charge is 0.478 e. The Morgan fingerprint density at radius 1 is 1.00 bits per heavy atom. The van der Waals surface area contributed by atoms with Crippen molar-refractivity contribution in [3.05, 3.63) is 68.0 Å². The van der Waals surface area contributed by atoms with Gasteiger partial charge in [-0.3, -0.25) is 14.2 Å². The maximum absolute atomic E-state index is 12.4. The summed E-state index contributed by atoms with van der Waals surface area (Å²) in [6, 6.07) is 5.60. The lowest BCUT2D eigenvalue weighted by atomic mass is 10.00. The van der Waals surface area contributed by atoms with Gasteiger partial charge in [0.25, 0.3) is 5.56 Å². The van der Waals surface area contributed by atoms with Crippen molar-refractivity contribution in [2.75, 3.05) is 0 Å². The van der Waals surface area contributed by atoms with E-state index in [2.05, 4.69) is 0 Å². The van der Waals surface area contributed by atoms with Crippen LogP contribution in [0.15, 0.2) is 40.1 Å². The van der Waals surface area contributed by atoms with Crippen molar-refractivity contribution in [3.63, 3.8) is 0 Å². The van der Waals surface area contributed by atoms with Gasteiger partial charge in [-0.1, -0.05) is 18.2 Å². The fraction of sp³-hybridized carbons (Fsp3) is 0.143. The SMILES string of the molecule is Cn1cc(C(=O)c2ccccc2C(=O)O)c(=O)n(C)c1=O. The zero-order chi connectivity index (χ0) is 15.7. The predicted octanol–water partition coefficient (Wildman–Crippen LogP) is 0.0132. The van der Waals surface area contributed by atoms with E-state index in [1.807, 2.05) is 0 Å². The molecule has 2 aromatic rings. The number of aromatic carboxylic acids is 1. The molecular formula is C14H12N2O5. The molecule has 1 aromatic carbocycles. The molecule has 2 rings (SSSR count). The highest BCUT2D eigenvalue weighted by Crippen LogP contribution is 2.12. The highest BCUT2D eigenvalue weighted by atomic mass is 16.4. The van der Waals surface area contributed by atoms with E-state index in [1.165, 1.54) is 38.4 Å². The molecule has 0 aliphatic heterocycles. The first kappa shape index (κ1) is 14.4. The van der Waals surface area contributed by atoms with Crippen molar-refractivity contribution in [1.82, 2.24) is 9.13 Å². The fourth-order valence-electron chi connectivity index (χ4n) is 1.98. The zero-order valence-electron chi connectivity index (χ0n) is 11.4. The summed E-state index contributed by atoms with van der Waals surface area (Å²) in [7, 11) is 2.66. The fourth-order valence-corrected chi connectivity index (χ4v) is 1.98.